The lowest BCUT2D eigenvalue weighted by Gasteiger charge is -2.02. The highest BCUT2D eigenvalue weighted by Gasteiger charge is 2.01. The molecule has 66 valence electrons. The molecular weight excluding hydrogens is 164 g/mol. The first-order chi connectivity index (χ1) is 6.27. The molecule has 2 N–H and O–H groups in total. The molecule has 0 saturated carbocycles. The van der Waals surface area contributed by atoms with E-state index in [1.807, 2.05) is 29.8 Å². The molecule has 4 nitrogen and oxygen atoms in total. The Labute approximate surface area is 76.1 Å². The van der Waals surface area contributed by atoms with Gasteiger partial charge in [-0.2, -0.15) is 0 Å². The number of hydrogen-bond donors (Lipinski definition) is 1. The van der Waals surface area contributed by atoms with Gasteiger partial charge in [0.2, 0.25) is 0 Å². The fourth-order valence-electron chi connectivity index (χ4n) is 1.16. The van der Waals surface area contributed by atoms with Crippen molar-refractivity contribution in [3.05, 3.63) is 36.5 Å². The molecule has 0 radical (unpaired) electrons. The van der Waals surface area contributed by atoms with Crippen molar-refractivity contribution in [1.82, 2.24) is 14.5 Å². The maximum Gasteiger partial charge on any atom is 0.161 e. The Balaban J connectivity index is 2.52. The van der Waals surface area contributed by atoms with Crippen molar-refractivity contribution >= 4 is 5.69 Å². The summed E-state index contributed by atoms with van der Waals surface area (Å²) in [7, 11) is 0. The Hall–Kier alpha value is -1.84. The molecule has 2 aromatic heterocycles. The molecule has 13 heavy (non-hydrogen) atoms. The molecule has 0 amide bonds. The molecule has 0 aliphatic heterocycles. The quantitative estimate of drug-likeness (QED) is 0.705. The van der Waals surface area contributed by atoms with E-state index in [-0.39, 0.29) is 0 Å². The highest BCUT2D eigenvalue weighted by Crippen LogP contribution is 2.12. The summed E-state index contributed by atoms with van der Waals surface area (Å²) in [5.41, 5.74) is 7.35. The summed E-state index contributed by atoms with van der Waals surface area (Å²) in [6.45, 7) is 1.93. The Morgan fingerprint density at radius 2 is 2.23 bits per heavy atom. The number of imidazole rings is 1. The number of pyridine rings is 1. The number of rotatable bonds is 1. The topological polar surface area (TPSA) is 56.7 Å². The van der Waals surface area contributed by atoms with Gasteiger partial charge in [-0.15, -0.1) is 0 Å². The summed E-state index contributed by atoms with van der Waals surface area (Å²) in [6.07, 6.45) is 5.30. The first-order valence-electron chi connectivity index (χ1n) is 3.99. The van der Waals surface area contributed by atoms with Crippen molar-refractivity contribution in [2.24, 2.45) is 0 Å². The third kappa shape index (κ3) is 1.38. The number of nitrogens with zero attached hydrogens (tertiary/aromatic N) is 3. The number of anilines is 1. The van der Waals surface area contributed by atoms with Crippen molar-refractivity contribution in [2.75, 3.05) is 5.73 Å². The molecule has 2 heterocycles. The van der Waals surface area contributed by atoms with Gasteiger partial charge in [0.15, 0.2) is 5.82 Å². The Kier molecular flexibility index (Phi) is 1.73. The molecular formula is C9H10N4. The van der Waals surface area contributed by atoms with E-state index in [0.717, 1.165) is 11.5 Å². The number of hydrogen-bond acceptors (Lipinski definition) is 3. The van der Waals surface area contributed by atoms with E-state index in [4.69, 9.17) is 5.73 Å². The van der Waals surface area contributed by atoms with Gasteiger partial charge in [-0.05, 0) is 19.1 Å². The van der Waals surface area contributed by atoms with Crippen LogP contribution in [-0.4, -0.2) is 14.5 Å². The van der Waals surface area contributed by atoms with Crippen LogP contribution < -0.4 is 5.73 Å². The summed E-state index contributed by atoms with van der Waals surface area (Å²) in [5.74, 6) is 0.725. The fraction of sp³-hybridized carbons (Fsp3) is 0.111. The largest absolute Gasteiger partial charge is 0.396 e. The van der Waals surface area contributed by atoms with Gasteiger partial charge in [-0.1, -0.05) is 0 Å². The molecule has 0 unspecified atom stereocenters. The van der Waals surface area contributed by atoms with Crippen LogP contribution in [-0.2, 0) is 0 Å². The zero-order valence-electron chi connectivity index (χ0n) is 7.31. The maximum atomic E-state index is 5.75. The average Bonchev–Trinajstić information content (AvgIpc) is 2.53. The minimum atomic E-state index is 0.653. The third-order valence-corrected chi connectivity index (χ3v) is 1.77. The highest BCUT2D eigenvalue weighted by atomic mass is 15.1. The first-order valence-corrected chi connectivity index (χ1v) is 3.99. The second-order valence-electron chi connectivity index (χ2n) is 2.84. The molecule has 0 saturated heterocycles. The van der Waals surface area contributed by atoms with Gasteiger partial charge in [0, 0.05) is 12.4 Å². The van der Waals surface area contributed by atoms with Crippen LogP contribution in [0.3, 0.4) is 0 Å². The van der Waals surface area contributed by atoms with Crippen molar-refractivity contribution in [2.45, 2.75) is 6.92 Å². The molecule has 0 atom stereocenters. The number of aromatic nitrogens is 3. The first kappa shape index (κ1) is 7.79. The Morgan fingerprint density at radius 1 is 1.38 bits per heavy atom. The summed E-state index contributed by atoms with van der Waals surface area (Å²) in [4.78, 5) is 8.26. The van der Waals surface area contributed by atoms with Crippen LogP contribution >= 0.6 is 0 Å². The van der Waals surface area contributed by atoms with Gasteiger partial charge >= 0.3 is 0 Å². The summed E-state index contributed by atoms with van der Waals surface area (Å²) >= 11 is 0. The Bertz CT molecular complexity index is 419. The predicted molar refractivity (Wildman–Crippen MR) is 50.5 cm³/mol. The molecule has 0 spiro atoms. The van der Waals surface area contributed by atoms with Crippen LogP contribution in [0.15, 0.2) is 30.9 Å². The molecule has 2 rings (SSSR count). The lowest BCUT2D eigenvalue weighted by atomic mass is 10.4. The van der Waals surface area contributed by atoms with Crippen LogP contribution in [0.1, 0.15) is 5.69 Å². The van der Waals surface area contributed by atoms with Crippen LogP contribution in [0.2, 0.25) is 0 Å². The zero-order valence-corrected chi connectivity index (χ0v) is 7.31. The standard InChI is InChI=1S/C9H10N4/c1-7-5-13(6-12-7)9-8(10)3-2-4-11-9/h2-6H,10H2,1H3. The number of nitrogen functional groups attached to an aromatic ring is 1. The predicted octanol–water partition coefficient (Wildman–Crippen LogP) is 1.16. The fourth-order valence-corrected chi connectivity index (χ4v) is 1.16. The van der Waals surface area contributed by atoms with Gasteiger partial charge in [0.25, 0.3) is 0 Å². The second-order valence-corrected chi connectivity index (χ2v) is 2.84. The number of aryl methyl sites for hydroxylation is 1. The van der Waals surface area contributed by atoms with Crippen molar-refractivity contribution in [1.29, 1.82) is 0 Å². The van der Waals surface area contributed by atoms with Crippen LogP contribution in [0.25, 0.3) is 5.82 Å². The molecule has 0 aliphatic carbocycles. The summed E-state index contributed by atoms with van der Waals surface area (Å²) in [6, 6.07) is 3.63. The van der Waals surface area contributed by atoms with Crippen molar-refractivity contribution in [3.63, 3.8) is 0 Å². The van der Waals surface area contributed by atoms with E-state index in [1.165, 1.54) is 0 Å². The van der Waals surface area contributed by atoms with E-state index in [2.05, 4.69) is 9.97 Å². The maximum absolute atomic E-state index is 5.75. The monoisotopic (exact) mass is 174 g/mol. The SMILES string of the molecule is Cc1cn(-c2ncccc2N)cn1. The lowest BCUT2D eigenvalue weighted by molar-refractivity contribution is 0.997. The summed E-state index contributed by atoms with van der Waals surface area (Å²) < 4.78 is 1.81. The summed E-state index contributed by atoms with van der Waals surface area (Å²) in [5, 5.41) is 0. The van der Waals surface area contributed by atoms with Gasteiger partial charge in [-0.25, -0.2) is 9.97 Å². The molecule has 0 aromatic carbocycles. The second kappa shape index (κ2) is 2.90. The van der Waals surface area contributed by atoms with Gasteiger partial charge in [-0.3, -0.25) is 4.57 Å². The lowest BCUT2D eigenvalue weighted by Crippen LogP contribution is -1.99. The molecule has 2 aromatic rings. The van der Waals surface area contributed by atoms with Gasteiger partial charge < -0.3 is 5.73 Å². The molecule has 4 heteroatoms. The average molecular weight is 174 g/mol. The van der Waals surface area contributed by atoms with Crippen molar-refractivity contribution < 1.29 is 0 Å². The van der Waals surface area contributed by atoms with Crippen LogP contribution in [0.4, 0.5) is 5.69 Å². The molecule has 0 fully saturated rings. The molecule has 0 bridgehead atoms. The Morgan fingerprint density at radius 3 is 2.85 bits per heavy atom. The van der Waals surface area contributed by atoms with E-state index < -0.39 is 0 Å². The zero-order chi connectivity index (χ0) is 9.26. The van der Waals surface area contributed by atoms with E-state index in [9.17, 15) is 0 Å². The normalized spacial score (nSPS) is 10.2. The van der Waals surface area contributed by atoms with Gasteiger partial charge in [0.05, 0.1) is 11.4 Å². The number of nitrogens with two attached hydrogens (primary N) is 1. The highest BCUT2D eigenvalue weighted by molar-refractivity contribution is 5.52. The third-order valence-electron chi connectivity index (χ3n) is 1.77. The minimum absolute atomic E-state index is 0.653. The van der Waals surface area contributed by atoms with Crippen LogP contribution in [0.5, 0.6) is 0 Å². The van der Waals surface area contributed by atoms with Gasteiger partial charge in [0.1, 0.15) is 6.33 Å². The smallest absolute Gasteiger partial charge is 0.161 e. The van der Waals surface area contributed by atoms with Crippen molar-refractivity contribution in [3.8, 4) is 5.82 Å². The van der Waals surface area contributed by atoms with Crippen LogP contribution in [0, 0.1) is 6.92 Å². The van der Waals surface area contributed by atoms with E-state index in [0.29, 0.717) is 5.69 Å². The molecule has 0 aliphatic rings. The van der Waals surface area contributed by atoms with E-state index in [1.54, 1.807) is 12.5 Å². The van der Waals surface area contributed by atoms with E-state index >= 15 is 0 Å². The minimum Gasteiger partial charge on any atom is -0.396 e.